The van der Waals surface area contributed by atoms with Crippen molar-refractivity contribution in [1.82, 2.24) is 46.3 Å². The molecule has 1 aromatic heterocycles. The van der Waals surface area contributed by atoms with E-state index in [0.29, 0.717) is 56.9 Å². The van der Waals surface area contributed by atoms with Gasteiger partial charge in [-0.05, 0) is 77.3 Å². The van der Waals surface area contributed by atoms with Crippen molar-refractivity contribution >= 4 is 46.3 Å². The molecule has 6 aromatic rings. The lowest BCUT2D eigenvalue weighted by Gasteiger charge is -2.40. The standard InChI is InChI=1S/C60H67N9O8/c70-55-49(25-21-40-11-3-1-4-12-40)63-58(73)54-39-76-32-31-68(54)60(75)53-26-22-43-15-7-8-16-44(43)36-69(53)59(74)51(33-41-19-23-46(24-20-41)77-38-42-13-5-2-6-14-42)65-57(72)52(37-67-29-27-61-28-30-67)66-56(71)50(64-55)34-45-35-62-48-18-10-9-17-47(45)48/h1-20,23-24,35,49-54,61-62H,21-22,25-34,36-39H2,(H,63,73)(H,64,70)(H,65,72)(H,66,71)/t49-,50-,51+,52+,53+,54+/m1/s1. The Bertz CT molecular complexity index is 3020. The minimum absolute atomic E-state index is 0.0309. The third kappa shape index (κ3) is 13.0. The van der Waals surface area contributed by atoms with Crippen molar-refractivity contribution in [3.8, 4) is 5.75 Å². The van der Waals surface area contributed by atoms with E-state index in [9.17, 15) is 9.59 Å². The number of carbonyl (C=O) groups excluding carboxylic acids is 6. The summed E-state index contributed by atoms with van der Waals surface area (Å²) in [5, 5.41) is 16.4. The largest absolute Gasteiger partial charge is 0.489 e. The zero-order valence-corrected chi connectivity index (χ0v) is 43.2. The number of nitrogens with zero attached hydrogens (tertiary/aromatic N) is 3. The molecule has 3 fully saturated rings. The van der Waals surface area contributed by atoms with Gasteiger partial charge in [-0.3, -0.25) is 33.7 Å². The first-order chi connectivity index (χ1) is 37.6. The maximum atomic E-state index is 15.8. The third-order valence-corrected chi connectivity index (χ3v) is 15.2. The van der Waals surface area contributed by atoms with Crippen LogP contribution in [-0.4, -0.2) is 144 Å². The topological polar surface area (TPSA) is 207 Å². The van der Waals surface area contributed by atoms with Gasteiger partial charge >= 0.3 is 0 Å². The van der Waals surface area contributed by atoms with Crippen LogP contribution in [0.1, 0.15) is 46.2 Å². The molecular weight excluding hydrogens is 975 g/mol. The van der Waals surface area contributed by atoms with Gasteiger partial charge in [-0.15, -0.1) is 0 Å². The SMILES string of the molecule is O=C1N[C@@H](Cc2ccc(OCc3ccccc3)cc2)C(=O)N2Cc3ccccc3CC[C@H]2C(=O)N2CCOC[C@H]2C(=O)N[C@H](CCc2ccccc2)C(=O)N[C@H](Cc2c[nH]c3ccccc23)C(=O)N[C@H]1CN1CCNCC1. The van der Waals surface area contributed by atoms with Crippen molar-refractivity contribution in [2.75, 3.05) is 52.5 Å². The number of aryl methyl sites for hydroxylation is 2. The number of piperazine rings is 1. The summed E-state index contributed by atoms with van der Waals surface area (Å²) in [7, 11) is 0. The Morgan fingerprint density at radius 3 is 1.99 bits per heavy atom. The van der Waals surface area contributed by atoms with E-state index in [1.165, 1.54) is 4.90 Å². The molecule has 6 atom stereocenters. The van der Waals surface area contributed by atoms with E-state index >= 15 is 19.2 Å². The Balaban J connectivity index is 1.04. The van der Waals surface area contributed by atoms with Crippen LogP contribution < -0.4 is 31.3 Å². The lowest BCUT2D eigenvalue weighted by Crippen LogP contribution is -2.65. The normalized spacial score (nSPS) is 23.2. The van der Waals surface area contributed by atoms with Crippen LogP contribution in [0.2, 0.25) is 0 Å². The van der Waals surface area contributed by atoms with Crippen LogP contribution in [0.4, 0.5) is 0 Å². The molecule has 17 heteroatoms. The summed E-state index contributed by atoms with van der Waals surface area (Å²) >= 11 is 0. The van der Waals surface area contributed by atoms with Crippen LogP contribution >= 0.6 is 0 Å². The molecular formula is C60H67N9O8. The van der Waals surface area contributed by atoms with Gasteiger partial charge in [0.25, 0.3) is 0 Å². The van der Waals surface area contributed by atoms with E-state index in [1.54, 1.807) is 11.1 Å². The number of fused-ring (bicyclic) bond motifs is 4. The number of amides is 6. The minimum atomic E-state index is -1.23. The second-order valence-corrected chi connectivity index (χ2v) is 20.4. The smallest absolute Gasteiger partial charge is 0.246 e. The number of ether oxygens (including phenoxy) is 2. The zero-order valence-electron chi connectivity index (χ0n) is 43.2. The van der Waals surface area contributed by atoms with Gasteiger partial charge < -0.3 is 50.8 Å². The van der Waals surface area contributed by atoms with Crippen molar-refractivity contribution in [2.45, 2.75) is 87.9 Å². The Morgan fingerprint density at radius 2 is 1.21 bits per heavy atom. The highest BCUT2D eigenvalue weighted by Crippen LogP contribution is 2.28. The molecule has 0 aliphatic carbocycles. The van der Waals surface area contributed by atoms with E-state index in [2.05, 4.69) is 36.5 Å². The van der Waals surface area contributed by atoms with Crippen LogP contribution in [0.3, 0.4) is 0 Å². The summed E-state index contributed by atoms with van der Waals surface area (Å²) in [6.07, 6.45) is 3.14. The van der Waals surface area contributed by atoms with Gasteiger partial charge in [0, 0.05) is 75.8 Å². The number of hydrogen-bond acceptors (Lipinski definition) is 10. The maximum absolute atomic E-state index is 15.8. The maximum Gasteiger partial charge on any atom is 0.246 e. The van der Waals surface area contributed by atoms with E-state index in [1.807, 2.05) is 133 Å². The molecule has 0 spiro atoms. The van der Waals surface area contributed by atoms with Gasteiger partial charge in [0.05, 0.1) is 13.2 Å². The Labute approximate surface area is 448 Å². The molecule has 3 saturated heterocycles. The molecule has 77 heavy (non-hydrogen) atoms. The lowest BCUT2D eigenvalue weighted by atomic mass is 9.99. The number of carbonyl (C=O) groups is 6. The van der Waals surface area contributed by atoms with Gasteiger partial charge in [0.1, 0.15) is 48.6 Å². The zero-order chi connectivity index (χ0) is 53.1. The molecule has 0 unspecified atom stereocenters. The summed E-state index contributed by atoms with van der Waals surface area (Å²) in [6.45, 7) is 3.11. The summed E-state index contributed by atoms with van der Waals surface area (Å²) in [4.78, 5) is 99.9. The molecule has 5 heterocycles. The molecule has 4 aliphatic heterocycles. The van der Waals surface area contributed by atoms with E-state index < -0.39 is 71.7 Å². The van der Waals surface area contributed by atoms with Gasteiger partial charge in [-0.2, -0.15) is 0 Å². The monoisotopic (exact) mass is 1040 g/mol. The summed E-state index contributed by atoms with van der Waals surface area (Å²) in [6, 6.07) is 35.2. The van der Waals surface area contributed by atoms with Crippen molar-refractivity contribution in [1.29, 1.82) is 0 Å². The second-order valence-electron chi connectivity index (χ2n) is 20.4. The number of morpholine rings is 1. The average Bonchev–Trinajstić information content (AvgIpc) is 3.80. The van der Waals surface area contributed by atoms with Crippen LogP contribution in [0.25, 0.3) is 10.9 Å². The van der Waals surface area contributed by atoms with Gasteiger partial charge in [0.15, 0.2) is 0 Å². The number of H-pyrrole nitrogens is 1. The minimum Gasteiger partial charge on any atom is -0.489 e. The van der Waals surface area contributed by atoms with E-state index in [-0.39, 0.29) is 58.5 Å². The molecule has 0 radical (unpaired) electrons. The first-order valence-electron chi connectivity index (χ1n) is 26.9. The molecule has 0 saturated carbocycles. The van der Waals surface area contributed by atoms with Crippen molar-refractivity contribution in [3.63, 3.8) is 0 Å². The predicted octanol–water partition coefficient (Wildman–Crippen LogP) is 3.59. The number of para-hydroxylation sites is 1. The molecule has 4 aliphatic rings. The first-order valence-corrected chi connectivity index (χ1v) is 26.9. The fourth-order valence-electron chi connectivity index (χ4n) is 10.9. The highest BCUT2D eigenvalue weighted by Gasteiger charge is 2.44. The highest BCUT2D eigenvalue weighted by molar-refractivity contribution is 5.99. The summed E-state index contributed by atoms with van der Waals surface area (Å²) in [5.74, 6) is -2.74. The Hall–Kier alpha value is -7.86. The molecule has 0 bridgehead atoms. The molecule has 400 valence electrons. The predicted molar refractivity (Wildman–Crippen MR) is 290 cm³/mol. The van der Waals surface area contributed by atoms with Crippen LogP contribution in [0.15, 0.2) is 140 Å². The Kier molecular flexibility index (Phi) is 17.0. The van der Waals surface area contributed by atoms with Crippen LogP contribution in [-0.2, 0) is 72.3 Å². The number of rotatable bonds is 12. The van der Waals surface area contributed by atoms with Gasteiger partial charge in [0.2, 0.25) is 35.4 Å². The highest BCUT2D eigenvalue weighted by atomic mass is 16.5. The molecule has 6 amide bonds. The lowest BCUT2D eigenvalue weighted by molar-refractivity contribution is -0.157. The number of hydrogen-bond donors (Lipinski definition) is 6. The van der Waals surface area contributed by atoms with Gasteiger partial charge in [-0.25, -0.2) is 0 Å². The number of aromatic nitrogens is 1. The second kappa shape index (κ2) is 24.9. The molecule has 10 rings (SSSR count). The van der Waals surface area contributed by atoms with Crippen LogP contribution in [0.5, 0.6) is 5.75 Å². The first kappa shape index (κ1) is 52.6. The summed E-state index contributed by atoms with van der Waals surface area (Å²) < 4.78 is 12.0. The van der Waals surface area contributed by atoms with Gasteiger partial charge in [-0.1, -0.05) is 115 Å². The fourth-order valence-corrected chi connectivity index (χ4v) is 10.9. The number of nitrogens with one attached hydrogen (secondary N) is 6. The molecule has 17 nitrogen and oxygen atoms in total. The molecule has 6 N–H and O–H groups in total. The third-order valence-electron chi connectivity index (χ3n) is 15.2. The van der Waals surface area contributed by atoms with Crippen molar-refractivity contribution < 1.29 is 38.2 Å². The van der Waals surface area contributed by atoms with Crippen LogP contribution in [0, 0.1) is 0 Å². The number of aromatic amines is 1. The summed E-state index contributed by atoms with van der Waals surface area (Å²) in [5.41, 5.74) is 6.09. The van der Waals surface area contributed by atoms with E-state index in [0.717, 1.165) is 38.7 Å². The fraction of sp³-hybridized carbons (Fsp3) is 0.367. The quantitative estimate of drug-likeness (QED) is 0.105. The average molecular weight is 1040 g/mol. The van der Waals surface area contributed by atoms with Crippen molar-refractivity contribution in [2.24, 2.45) is 0 Å². The van der Waals surface area contributed by atoms with E-state index in [4.69, 9.17) is 9.47 Å². The number of benzene rings is 5. The molecule has 5 aromatic carbocycles. The Morgan fingerprint density at radius 1 is 0.558 bits per heavy atom. The van der Waals surface area contributed by atoms with Crippen molar-refractivity contribution in [3.05, 3.63) is 173 Å².